The molecule has 0 saturated carbocycles. The van der Waals surface area contributed by atoms with Gasteiger partial charge in [-0.15, -0.1) is 0 Å². The largest absolute Gasteiger partial charge is 0.389 e. The van der Waals surface area contributed by atoms with E-state index in [9.17, 15) is 5.11 Å². The van der Waals surface area contributed by atoms with Crippen LogP contribution in [0.1, 0.15) is 35.4 Å². The van der Waals surface area contributed by atoms with E-state index in [2.05, 4.69) is 31.1 Å². The summed E-state index contributed by atoms with van der Waals surface area (Å²) in [6.07, 6.45) is 1.25. The lowest BCUT2D eigenvalue weighted by Crippen LogP contribution is -2.01. The summed E-state index contributed by atoms with van der Waals surface area (Å²) in [5, 5.41) is 13.9. The van der Waals surface area contributed by atoms with Crippen LogP contribution >= 0.6 is 0 Å². The van der Waals surface area contributed by atoms with Crippen LogP contribution in [0.15, 0.2) is 24.4 Å². The van der Waals surface area contributed by atoms with E-state index in [0.717, 1.165) is 16.9 Å². The first-order chi connectivity index (χ1) is 8.00. The Morgan fingerprint density at radius 3 is 2.41 bits per heavy atom. The highest BCUT2D eigenvalue weighted by atomic mass is 16.3. The number of benzene rings is 1. The highest BCUT2D eigenvalue weighted by Gasteiger charge is 2.12. The van der Waals surface area contributed by atoms with Crippen LogP contribution in [-0.4, -0.2) is 14.9 Å². The number of hydrogen-bond donors (Lipinski definition) is 1. The van der Waals surface area contributed by atoms with Gasteiger partial charge in [0.25, 0.3) is 0 Å². The normalized spacial score (nSPS) is 12.8. The standard InChI is InChI=1S/C14H18N2O/c1-9-5-6-13(7-10(9)2)16-11(3)14(8-15-16)12(4)17/h5-8,12,17H,1-4H3. The fourth-order valence-electron chi connectivity index (χ4n) is 1.95. The zero-order valence-corrected chi connectivity index (χ0v) is 10.7. The third kappa shape index (κ3) is 2.11. The van der Waals surface area contributed by atoms with Gasteiger partial charge in [-0.3, -0.25) is 0 Å². The van der Waals surface area contributed by atoms with Gasteiger partial charge in [0.1, 0.15) is 0 Å². The molecule has 0 amide bonds. The molecule has 0 radical (unpaired) electrons. The maximum Gasteiger partial charge on any atom is 0.0795 e. The molecule has 0 bridgehead atoms. The minimum absolute atomic E-state index is 0.477. The van der Waals surface area contributed by atoms with Crippen molar-refractivity contribution in [1.82, 2.24) is 9.78 Å². The maximum atomic E-state index is 9.61. The quantitative estimate of drug-likeness (QED) is 0.861. The molecule has 1 heterocycles. The van der Waals surface area contributed by atoms with E-state index in [0.29, 0.717) is 0 Å². The van der Waals surface area contributed by atoms with E-state index in [1.807, 2.05) is 17.7 Å². The molecule has 0 aliphatic carbocycles. The van der Waals surface area contributed by atoms with E-state index in [1.165, 1.54) is 11.1 Å². The van der Waals surface area contributed by atoms with Gasteiger partial charge in [-0.05, 0) is 51.0 Å². The Bertz CT molecular complexity index is 541. The summed E-state index contributed by atoms with van der Waals surface area (Å²) in [6, 6.07) is 6.25. The summed E-state index contributed by atoms with van der Waals surface area (Å²) in [4.78, 5) is 0. The molecule has 0 aliphatic heterocycles. The van der Waals surface area contributed by atoms with Crippen LogP contribution in [0.5, 0.6) is 0 Å². The lowest BCUT2D eigenvalue weighted by molar-refractivity contribution is 0.198. The van der Waals surface area contributed by atoms with Crippen molar-refractivity contribution in [3.8, 4) is 5.69 Å². The van der Waals surface area contributed by atoms with Crippen LogP contribution in [0, 0.1) is 20.8 Å². The fourth-order valence-corrected chi connectivity index (χ4v) is 1.95. The smallest absolute Gasteiger partial charge is 0.0795 e. The van der Waals surface area contributed by atoms with Gasteiger partial charge in [0.2, 0.25) is 0 Å². The predicted octanol–water partition coefficient (Wildman–Crippen LogP) is 2.85. The molecule has 1 aromatic heterocycles. The molecule has 1 aromatic carbocycles. The molecular weight excluding hydrogens is 212 g/mol. The summed E-state index contributed by atoms with van der Waals surface area (Å²) in [7, 11) is 0. The Hall–Kier alpha value is -1.61. The highest BCUT2D eigenvalue weighted by Crippen LogP contribution is 2.21. The van der Waals surface area contributed by atoms with Crippen molar-refractivity contribution >= 4 is 0 Å². The molecule has 1 unspecified atom stereocenters. The van der Waals surface area contributed by atoms with E-state index in [1.54, 1.807) is 13.1 Å². The van der Waals surface area contributed by atoms with Gasteiger partial charge in [0.05, 0.1) is 18.0 Å². The van der Waals surface area contributed by atoms with Gasteiger partial charge in [-0.1, -0.05) is 6.07 Å². The van der Waals surface area contributed by atoms with Gasteiger partial charge in [0, 0.05) is 11.3 Å². The van der Waals surface area contributed by atoms with E-state index in [4.69, 9.17) is 0 Å². The zero-order chi connectivity index (χ0) is 12.6. The Balaban J connectivity index is 2.50. The number of aromatic nitrogens is 2. The van der Waals surface area contributed by atoms with Crippen LogP contribution in [-0.2, 0) is 0 Å². The maximum absolute atomic E-state index is 9.61. The molecule has 3 nitrogen and oxygen atoms in total. The first kappa shape index (κ1) is 11.9. The Labute approximate surface area is 102 Å². The van der Waals surface area contributed by atoms with Crippen molar-refractivity contribution in [2.45, 2.75) is 33.8 Å². The van der Waals surface area contributed by atoms with Gasteiger partial charge in [0.15, 0.2) is 0 Å². The number of aryl methyl sites for hydroxylation is 2. The second-order valence-corrected chi connectivity index (χ2v) is 4.54. The second-order valence-electron chi connectivity index (χ2n) is 4.54. The van der Waals surface area contributed by atoms with Crippen molar-refractivity contribution in [3.05, 3.63) is 46.8 Å². The Morgan fingerprint density at radius 1 is 1.18 bits per heavy atom. The van der Waals surface area contributed by atoms with Crippen LogP contribution in [0.25, 0.3) is 5.69 Å². The van der Waals surface area contributed by atoms with E-state index >= 15 is 0 Å². The molecule has 17 heavy (non-hydrogen) atoms. The molecule has 1 N–H and O–H groups in total. The predicted molar refractivity (Wildman–Crippen MR) is 68.4 cm³/mol. The molecule has 0 aliphatic rings. The fraction of sp³-hybridized carbons (Fsp3) is 0.357. The zero-order valence-electron chi connectivity index (χ0n) is 10.7. The monoisotopic (exact) mass is 230 g/mol. The molecule has 2 rings (SSSR count). The SMILES string of the molecule is Cc1ccc(-n2ncc(C(C)O)c2C)cc1C. The molecule has 3 heteroatoms. The number of nitrogens with zero attached hydrogens (tertiary/aromatic N) is 2. The summed E-state index contributed by atoms with van der Waals surface area (Å²) in [6.45, 7) is 7.92. The minimum atomic E-state index is -0.477. The average molecular weight is 230 g/mol. The molecule has 0 fully saturated rings. The third-order valence-corrected chi connectivity index (χ3v) is 3.23. The van der Waals surface area contributed by atoms with Crippen LogP contribution in [0.3, 0.4) is 0 Å². The van der Waals surface area contributed by atoms with Gasteiger partial charge >= 0.3 is 0 Å². The lowest BCUT2D eigenvalue weighted by atomic mass is 10.1. The van der Waals surface area contributed by atoms with Crippen molar-refractivity contribution < 1.29 is 5.11 Å². The molecule has 0 spiro atoms. The number of hydrogen-bond acceptors (Lipinski definition) is 2. The average Bonchev–Trinajstić information content (AvgIpc) is 2.64. The third-order valence-electron chi connectivity index (χ3n) is 3.23. The van der Waals surface area contributed by atoms with E-state index < -0.39 is 6.10 Å². The number of aliphatic hydroxyl groups excluding tert-OH is 1. The summed E-state index contributed by atoms with van der Waals surface area (Å²) < 4.78 is 1.87. The first-order valence-corrected chi connectivity index (χ1v) is 5.81. The van der Waals surface area contributed by atoms with Crippen molar-refractivity contribution in [3.63, 3.8) is 0 Å². The van der Waals surface area contributed by atoms with Crippen molar-refractivity contribution in [1.29, 1.82) is 0 Å². The molecule has 2 aromatic rings. The molecule has 0 saturated heterocycles. The Morgan fingerprint density at radius 2 is 1.88 bits per heavy atom. The van der Waals surface area contributed by atoms with Gasteiger partial charge in [-0.2, -0.15) is 5.10 Å². The second kappa shape index (κ2) is 4.34. The van der Waals surface area contributed by atoms with Gasteiger partial charge in [-0.25, -0.2) is 4.68 Å². The Kier molecular flexibility index (Phi) is 3.03. The number of rotatable bonds is 2. The van der Waals surface area contributed by atoms with Crippen LogP contribution in [0.2, 0.25) is 0 Å². The molecule has 1 atom stereocenters. The van der Waals surface area contributed by atoms with E-state index in [-0.39, 0.29) is 0 Å². The van der Waals surface area contributed by atoms with Crippen LogP contribution in [0.4, 0.5) is 0 Å². The summed E-state index contributed by atoms with van der Waals surface area (Å²) >= 11 is 0. The molecular formula is C14H18N2O. The summed E-state index contributed by atoms with van der Waals surface area (Å²) in [5.41, 5.74) is 5.43. The minimum Gasteiger partial charge on any atom is -0.389 e. The van der Waals surface area contributed by atoms with Crippen molar-refractivity contribution in [2.24, 2.45) is 0 Å². The lowest BCUT2D eigenvalue weighted by Gasteiger charge is -2.09. The van der Waals surface area contributed by atoms with Gasteiger partial charge < -0.3 is 5.11 Å². The first-order valence-electron chi connectivity index (χ1n) is 5.81. The van der Waals surface area contributed by atoms with Crippen molar-refractivity contribution in [2.75, 3.05) is 0 Å². The topological polar surface area (TPSA) is 38.0 Å². The van der Waals surface area contributed by atoms with Crippen LogP contribution < -0.4 is 0 Å². The molecule has 90 valence electrons. The summed E-state index contributed by atoms with van der Waals surface area (Å²) in [5.74, 6) is 0. The highest BCUT2D eigenvalue weighted by molar-refractivity contribution is 5.41. The number of aliphatic hydroxyl groups is 1.